The van der Waals surface area contributed by atoms with Crippen LogP contribution < -0.4 is 9.47 Å². The first-order chi connectivity index (χ1) is 7.76. The lowest BCUT2D eigenvalue weighted by Crippen LogP contribution is -1.97. The average molecular weight is 283 g/mol. The summed E-state index contributed by atoms with van der Waals surface area (Å²) in [5, 5.41) is 4.22. The molecule has 0 amide bonds. The fraction of sp³-hybridized carbons (Fsp3) is 0.182. The molecular formula is C11H11BrN2O2. The molecule has 5 heteroatoms. The molecule has 2 aromatic rings. The van der Waals surface area contributed by atoms with Gasteiger partial charge in [0.15, 0.2) is 10.4 Å². The van der Waals surface area contributed by atoms with Crippen LogP contribution in [0.5, 0.6) is 11.5 Å². The average Bonchev–Trinajstić information content (AvgIpc) is 2.70. The molecule has 0 aliphatic carbocycles. The highest BCUT2D eigenvalue weighted by atomic mass is 79.9. The van der Waals surface area contributed by atoms with Crippen LogP contribution in [0.4, 0.5) is 0 Å². The number of halogens is 1. The van der Waals surface area contributed by atoms with Crippen molar-refractivity contribution in [2.24, 2.45) is 0 Å². The van der Waals surface area contributed by atoms with Crippen molar-refractivity contribution in [1.29, 1.82) is 0 Å². The molecule has 0 radical (unpaired) electrons. The Kier molecular flexibility index (Phi) is 3.14. The number of benzene rings is 1. The predicted octanol–water partition coefficient (Wildman–Crippen LogP) is 2.65. The summed E-state index contributed by atoms with van der Waals surface area (Å²) in [4.78, 5) is 0. The Balaban J connectivity index is 2.45. The monoisotopic (exact) mass is 282 g/mol. The second-order valence-corrected chi connectivity index (χ2v) is 3.87. The van der Waals surface area contributed by atoms with Crippen LogP contribution in [0.1, 0.15) is 0 Å². The van der Waals surface area contributed by atoms with E-state index in [0.29, 0.717) is 5.75 Å². The topological polar surface area (TPSA) is 36.3 Å². The fourth-order valence-electron chi connectivity index (χ4n) is 1.38. The zero-order chi connectivity index (χ0) is 11.5. The summed E-state index contributed by atoms with van der Waals surface area (Å²) in [7, 11) is 3.25. The minimum absolute atomic E-state index is 0.697. The first-order valence-electron chi connectivity index (χ1n) is 4.68. The zero-order valence-corrected chi connectivity index (χ0v) is 10.6. The van der Waals surface area contributed by atoms with Gasteiger partial charge in [0.05, 0.1) is 26.1 Å². The number of aromatic nitrogens is 2. The number of nitrogens with zero attached hydrogens (tertiary/aromatic N) is 2. The van der Waals surface area contributed by atoms with Gasteiger partial charge in [-0.3, -0.25) is 0 Å². The van der Waals surface area contributed by atoms with Gasteiger partial charge in [0.25, 0.3) is 0 Å². The Morgan fingerprint density at radius 2 is 2.06 bits per heavy atom. The summed E-state index contributed by atoms with van der Waals surface area (Å²) >= 11 is 3.43. The summed E-state index contributed by atoms with van der Waals surface area (Å²) in [5.41, 5.74) is 0.912. The molecule has 0 unspecified atom stereocenters. The highest BCUT2D eigenvalue weighted by molar-refractivity contribution is 9.10. The first-order valence-corrected chi connectivity index (χ1v) is 5.47. The lowest BCUT2D eigenvalue weighted by atomic mass is 10.3. The molecule has 0 saturated carbocycles. The standard InChI is InChI=1S/C11H11BrN2O2/c1-15-9-5-3-4-8(6-9)14-11(12)10(16-2)7-13-14/h3-7H,1-2H3. The summed E-state index contributed by atoms with van der Waals surface area (Å²) in [5.74, 6) is 1.49. The molecule has 1 aromatic carbocycles. The third kappa shape index (κ3) is 1.90. The van der Waals surface area contributed by atoms with Gasteiger partial charge in [-0.25, -0.2) is 4.68 Å². The SMILES string of the molecule is COc1cccc(-n2ncc(OC)c2Br)c1. The van der Waals surface area contributed by atoms with Gasteiger partial charge in [0, 0.05) is 6.07 Å². The maximum Gasteiger partial charge on any atom is 0.171 e. The van der Waals surface area contributed by atoms with Crippen molar-refractivity contribution in [3.63, 3.8) is 0 Å². The highest BCUT2D eigenvalue weighted by Crippen LogP contribution is 2.27. The van der Waals surface area contributed by atoms with Crippen LogP contribution in [0.3, 0.4) is 0 Å². The van der Waals surface area contributed by atoms with Gasteiger partial charge < -0.3 is 9.47 Å². The lowest BCUT2D eigenvalue weighted by molar-refractivity contribution is 0.411. The van der Waals surface area contributed by atoms with Crippen molar-refractivity contribution in [3.05, 3.63) is 35.1 Å². The number of methoxy groups -OCH3 is 2. The smallest absolute Gasteiger partial charge is 0.171 e. The Morgan fingerprint density at radius 1 is 1.25 bits per heavy atom. The Hall–Kier alpha value is -1.49. The van der Waals surface area contributed by atoms with Crippen molar-refractivity contribution >= 4 is 15.9 Å². The van der Waals surface area contributed by atoms with E-state index in [1.807, 2.05) is 24.3 Å². The van der Waals surface area contributed by atoms with Gasteiger partial charge in [-0.1, -0.05) is 6.07 Å². The second-order valence-electron chi connectivity index (χ2n) is 3.12. The summed E-state index contributed by atoms with van der Waals surface area (Å²) in [6.07, 6.45) is 1.66. The van der Waals surface area contributed by atoms with E-state index >= 15 is 0 Å². The van der Waals surface area contributed by atoms with Crippen LogP contribution in [-0.4, -0.2) is 24.0 Å². The molecule has 0 aliphatic rings. The van der Waals surface area contributed by atoms with Crippen molar-refractivity contribution < 1.29 is 9.47 Å². The summed E-state index contributed by atoms with van der Waals surface area (Å²) < 4.78 is 12.8. The molecule has 1 heterocycles. The number of hydrogen-bond acceptors (Lipinski definition) is 3. The van der Waals surface area contributed by atoms with Crippen molar-refractivity contribution in [2.75, 3.05) is 14.2 Å². The quantitative estimate of drug-likeness (QED) is 0.868. The summed E-state index contributed by atoms with van der Waals surface area (Å²) in [6, 6.07) is 7.64. The molecular weight excluding hydrogens is 272 g/mol. The third-order valence-corrected chi connectivity index (χ3v) is 2.92. The molecule has 0 atom stereocenters. The Morgan fingerprint density at radius 3 is 2.69 bits per heavy atom. The van der Waals surface area contributed by atoms with E-state index in [4.69, 9.17) is 9.47 Å². The molecule has 4 nitrogen and oxygen atoms in total. The van der Waals surface area contributed by atoms with E-state index in [0.717, 1.165) is 16.0 Å². The second kappa shape index (κ2) is 4.57. The number of hydrogen-bond donors (Lipinski definition) is 0. The van der Waals surface area contributed by atoms with Crippen LogP contribution >= 0.6 is 15.9 Å². The molecule has 16 heavy (non-hydrogen) atoms. The van der Waals surface area contributed by atoms with Crippen molar-refractivity contribution in [2.45, 2.75) is 0 Å². The van der Waals surface area contributed by atoms with Crippen LogP contribution in [0, 0.1) is 0 Å². The van der Waals surface area contributed by atoms with E-state index in [1.54, 1.807) is 25.1 Å². The van der Waals surface area contributed by atoms with Gasteiger partial charge in [0.2, 0.25) is 0 Å². The number of ether oxygens (including phenoxy) is 2. The van der Waals surface area contributed by atoms with Gasteiger partial charge in [0.1, 0.15) is 5.75 Å². The zero-order valence-electron chi connectivity index (χ0n) is 8.98. The molecule has 0 bridgehead atoms. The van der Waals surface area contributed by atoms with E-state index in [1.165, 1.54) is 0 Å². The molecule has 84 valence electrons. The summed E-state index contributed by atoms with van der Waals surface area (Å²) in [6.45, 7) is 0. The van der Waals surface area contributed by atoms with Crippen LogP contribution in [0.15, 0.2) is 35.1 Å². The minimum atomic E-state index is 0.697. The molecule has 0 aliphatic heterocycles. The maximum atomic E-state index is 5.16. The molecule has 1 aromatic heterocycles. The van der Waals surface area contributed by atoms with Gasteiger partial charge in [-0.15, -0.1) is 0 Å². The molecule has 0 N–H and O–H groups in total. The molecule has 0 spiro atoms. The van der Waals surface area contributed by atoms with E-state index < -0.39 is 0 Å². The first kappa shape index (κ1) is 11.0. The van der Waals surface area contributed by atoms with Crippen LogP contribution in [-0.2, 0) is 0 Å². The molecule has 2 rings (SSSR count). The predicted molar refractivity (Wildman–Crippen MR) is 64.4 cm³/mol. The van der Waals surface area contributed by atoms with Gasteiger partial charge in [-0.2, -0.15) is 5.10 Å². The minimum Gasteiger partial charge on any atom is -0.497 e. The Labute approximate surface area is 102 Å². The van der Waals surface area contributed by atoms with Crippen molar-refractivity contribution in [1.82, 2.24) is 9.78 Å². The largest absolute Gasteiger partial charge is 0.497 e. The normalized spacial score (nSPS) is 10.2. The lowest BCUT2D eigenvalue weighted by Gasteiger charge is -2.05. The van der Waals surface area contributed by atoms with Gasteiger partial charge >= 0.3 is 0 Å². The fourth-order valence-corrected chi connectivity index (χ4v) is 1.94. The van der Waals surface area contributed by atoms with Gasteiger partial charge in [-0.05, 0) is 28.1 Å². The number of rotatable bonds is 3. The van der Waals surface area contributed by atoms with E-state index in [9.17, 15) is 0 Å². The van der Waals surface area contributed by atoms with E-state index in [-0.39, 0.29) is 0 Å². The van der Waals surface area contributed by atoms with Crippen molar-refractivity contribution in [3.8, 4) is 17.2 Å². The third-order valence-electron chi connectivity index (χ3n) is 2.20. The molecule has 0 fully saturated rings. The maximum absolute atomic E-state index is 5.16. The Bertz CT molecular complexity index is 496. The molecule has 0 saturated heterocycles. The van der Waals surface area contributed by atoms with E-state index in [2.05, 4.69) is 21.0 Å². The van der Waals surface area contributed by atoms with Crippen LogP contribution in [0.2, 0.25) is 0 Å². The van der Waals surface area contributed by atoms with Crippen LogP contribution in [0.25, 0.3) is 5.69 Å². The highest BCUT2D eigenvalue weighted by Gasteiger charge is 2.09.